The molecule has 0 spiro atoms. The Bertz CT molecular complexity index is 1590. The van der Waals surface area contributed by atoms with Gasteiger partial charge in [-0.15, -0.1) is 0 Å². The van der Waals surface area contributed by atoms with Crippen molar-refractivity contribution in [3.8, 4) is 11.4 Å². The Balaban J connectivity index is 0.00000267. The van der Waals surface area contributed by atoms with Crippen LogP contribution in [0, 0.1) is 0 Å². The van der Waals surface area contributed by atoms with Gasteiger partial charge in [0.2, 0.25) is 0 Å². The number of rotatable bonds is 3. The van der Waals surface area contributed by atoms with Gasteiger partial charge in [0.05, 0.1) is 35.4 Å². The van der Waals surface area contributed by atoms with Gasteiger partial charge in [-0.1, -0.05) is 24.6 Å². The number of nitrogens with zero attached hydrogens (tertiary/aromatic N) is 3. The molecule has 4 aromatic rings. The first-order chi connectivity index (χ1) is 16.9. The Morgan fingerprint density at radius 3 is 2.69 bits per heavy atom. The maximum atomic E-state index is 13.7. The zero-order valence-corrected chi connectivity index (χ0v) is 21.0. The van der Waals surface area contributed by atoms with Gasteiger partial charge in [-0.05, 0) is 36.2 Å². The molecule has 0 aliphatic carbocycles. The summed E-state index contributed by atoms with van der Waals surface area (Å²) in [5, 5.41) is 12.9. The summed E-state index contributed by atoms with van der Waals surface area (Å²) < 4.78 is 9.02. The van der Waals surface area contributed by atoms with Gasteiger partial charge in [0.1, 0.15) is 12.2 Å². The molecule has 7 nitrogen and oxygen atoms in total. The van der Waals surface area contributed by atoms with Crippen LogP contribution in [0.4, 0.5) is 0 Å². The number of aliphatic hydroxyl groups is 1. The number of benzene rings is 1. The maximum absolute atomic E-state index is 13.7. The molecule has 9 heteroatoms. The molecule has 6 rings (SSSR count). The van der Waals surface area contributed by atoms with Gasteiger partial charge >= 0.3 is 5.97 Å². The largest absolute Gasteiger partial charge is 1.00 e. The predicted octanol–water partition coefficient (Wildman–Crippen LogP) is 0.463. The Morgan fingerprint density at radius 2 is 1.94 bits per heavy atom. The number of esters is 1. The summed E-state index contributed by atoms with van der Waals surface area (Å²) in [6.07, 6.45) is 4.08. The van der Waals surface area contributed by atoms with Crippen molar-refractivity contribution in [1.82, 2.24) is 9.55 Å². The van der Waals surface area contributed by atoms with Gasteiger partial charge in [0.25, 0.3) is 5.56 Å². The third kappa shape index (κ3) is 3.79. The van der Waals surface area contributed by atoms with Crippen molar-refractivity contribution < 1.29 is 31.6 Å². The molecule has 1 unspecified atom stereocenters. The first-order valence-corrected chi connectivity index (χ1v) is 12.0. The number of hydrogen-bond acceptors (Lipinski definition) is 5. The van der Waals surface area contributed by atoms with E-state index in [0.29, 0.717) is 40.6 Å². The van der Waals surface area contributed by atoms with E-state index >= 15 is 0 Å². The first-order valence-electron chi connectivity index (χ1n) is 11.6. The normalized spacial score (nSPS) is 18.0. The lowest BCUT2D eigenvalue weighted by molar-refractivity contribution is -0.688. The van der Waals surface area contributed by atoms with E-state index in [2.05, 4.69) is 4.57 Å². The van der Waals surface area contributed by atoms with Crippen LogP contribution in [0.15, 0.2) is 59.7 Å². The lowest BCUT2D eigenvalue weighted by Gasteiger charge is -2.26. The van der Waals surface area contributed by atoms with E-state index in [9.17, 15) is 14.7 Å². The average molecular weight is 524 g/mol. The first kappa shape index (κ1) is 24.4. The number of fused-ring (bicyclic) bond motifs is 5. The number of hydrogen-bond donors (Lipinski definition) is 1. The van der Waals surface area contributed by atoms with Gasteiger partial charge in [0, 0.05) is 33.7 Å². The Labute approximate surface area is 218 Å². The summed E-state index contributed by atoms with van der Waals surface area (Å²) in [7, 11) is 0. The molecular weight excluding hydrogens is 501 g/mol. The lowest BCUT2D eigenvalue weighted by atomic mass is 9.85. The SMILES string of the molecule is CCC1(O)CC(=O)OCc2c1cc1n(c2=O)Cc2c-1nc1ccc(Cl)cc1c2C[n+]1ccccc1.[Cl-]. The molecule has 0 fully saturated rings. The molecule has 5 heterocycles. The minimum atomic E-state index is -1.46. The van der Waals surface area contributed by atoms with E-state index in [1.165, 1.54) is 0 Å². The standard InChI is InChI=1S/C27H23ClN3O4.ClH/c1-2-27(34)12-24(32)35-15-20-21(27)11-23-25-19(14-31(23)26(20)33)18(13-30-8-4-3-5-9-30)17-10-16(28)6-7-22(17)29-25;/h3-11,34H,2,12-15H2,1H3;1H/q+1;/p-1. The minimum Gasteiger partial charge on any atom is -1.00 e. The number of pyridine rings is 3. The summed E-state index contributed by atoms with van der Waals surface area (Å²) in [4.78, 5) is 30.8. The molecule has 0 saturated carbocycles. The van der Waals surface area contributed by atoms with E-state index in [1.807, 2.05) is 48.8 Å². The van der Waals surface area contributed by atoms with Gasteiger partial charge < -0.3 is 26.8 Å². The van der Waals surface area contributed by atoms with Crippen molar-refractivity contribution >= 4 is 28.5 Å². The number of ether oxygens (including phenoxy) is 1. The second-order valence-corrected chi connectivity index (χ2v) is 9.60. The van der Waals surface area contributed by atoms with Crippen LogP contribution in [0.3, 0.4) is 0 Å². The van der Waals surface area contributed by atoms with E-state index in [-0.39, 0.29) is 37.4 Å². The van der Waals surface area contributed by atoms with E-state index in [0.717, 1.165) is 22.0 Å². The highest BCUT2D eigenvalue weighted by Gasteiger charge is 2.40. The smallest absolute Gasteiger partial charge is 0.309 e. The van der Waals surface area contributed by atoms with Crippen LogP contribution < -0.4 is 22.5 Å². The molecule has 3 aromatic heterocycles. The van der Waals surface area contributed by atoms with Crippen LogP contribution in [0.25, 0.3) is 22.3 Å². The zero-order valence-electron chi connectivity index (χ0n) is 19.5. The van der Waals surface area contributed by atoms with Gasteiger partial charge in [0.15, 0.2) is 18.9 Å². The topological polar surface area (TPSA) is 85.3 Å². The van der Waals surface area contributed by atoms with Crippen molar-refractivity contribution in [3.05, 3.63) is 92.5 Å². The number of halogens is 2. The second-order valence-electron chi connectivity index (χ2n) is 9.16. The highest BCUT2D eigenvalue weighted by molar-refractivity contribution is 6.31. The van der Waals surface area contributed by atoms with Crippen LogP contribution in [-0.4, -0.2) is 20.6 Å². The summed E-state index contributed by atoms with van der Waals surface area (Å²) in [6.45, 7) is 2.57. The molecule has 0 radical (unpaired) electrons. The summed E-state index contributed by atoms with van der Waals surface area (Å²) in [5.41, 5.74) is 3.16. The Hall–Kier alpha value is -3.26. The molecule has 1 aromatic carbocycles. The third-order valence-corrected chi connectivity index (χ3v) is 7.38. The maximum Gasteiger partial charge on any atom is 0.309 e. The molecule has 1 N–H and O–H groups in total. The number of aromatic nitrogens is 3. The molecule has 1 atom stereocenters. The van der Waals surface area contributed by atoms with E-state index < -0.39 is 11.6 Å². The number of carbonyl (C=O) groups excluding carboxylic acids is 1. The van der Waals surface area contributed by atoms with Crippen molar-refractivity contribution in [2.75, 3.05) is 0 Å². The molecule has 36 heavy (non-hydrogen) atoms. The number of carbonyl (C=O) groups is 1. The Kier molecular flexibility index (Phi) is 6.11. The molecule has 0 saturated heterocycles. The molecular formula is C27H23Cl2N3O4. The predicted molar refractivity (Wildman–Crippen MR) is 130 cm³/mol. The van der Waals surface area contributed by atoms with Crippen molar-refractivity contribution in [2.24, 2.45) is 0 Å². The zero-order chi connectivity index (χ0) is 24.3. The second kappa shape index (κ2) is 9.00. The Morgan fingerprint density at radius 1 is 1.17 bits per heavy atom. The highest BCUT2D eigenvalue weighted by Crippen LogP contribution is 2.40. The minimum absolute atomic E-state index is 0. The fourth-order valence-electron chi connectivity index (χ4n) is 5.23. The monoisotopic (exact) mass is 523 g/mol. The van der Waals surface area contributed by atoms with Crippen molar-refractivity contribution in [3.63, 3.8) is 0 Å². The van der Waals surface area contributed by atoms with E-state index in [1.54, 1.807) is 17.6 Å². The molecule has 0 bridgehead atoms. The van der Waals surface area contributed by atoms with Crippen LogP contribution in [0.1, 0.15) is 42.0 Å². The molecule has 0 amide bonds. The number of cyclic esters (lactones) is 1. The van der Waals surface area contributed by atoms with Crippen LogP contribution >= 0.6 is 11.6 Å². The lowest BCUT2D eigenvalue weighted by Crippen LogP contribution is -3.00. The fourth-order valence-corrected chi connectivity index (χ4v) is 5.41. The van der Waals surface area contributed by atoms with Crippen LogP contribution in [-0.2, 0) is 34.8 Å². The summed E-state index contributed by atoms with van der Waals surface area (Å²) in [5.74, 6) is -0.515. The summed E-state index contributed by atoms with van der Waals surface area (Å²) in [6, 6.07) is 13.3. The van der Waals surface area contributed by atoms with Crippen LogP contribution in [0.5, 0.6) is 0 Å². The van der Waals surface area contributed by atoms with Crippen LogP contribution in [0.2, 0.25) is 5.02 Å². The molecule has 2 aliphatic heterocycles. The molecule has 2 aliphatic rings. The quantitative estimate of drug-likeness (QED) is 0.274. The van der Waals surface area contributed by atoms with Gasteiger partial charge in [-0.25, -0.2) is 9.55 Å². The third-order valence-electron chi connectivity index (χ3n) is 7.14. The van der Waals surface area contributed by atoms with Crippen molar-refractivity contribution in [2.45, 2.75) is 45.1 Å². The molecule has 184 valence electrons. The van der Waals surface area contributed by atoms with Gasteiger partial charge in [-0.3, -0.25) is 9.59 Å². The van der Waals surface area contributed by atoms with E-state index in [4.69, 9.17) is 21.3 Å². The average Bonchev–Trinajstić information content (AvgIpc) is 3.16. The highest BCUT2D eigenvalue weighted by atomic mass is 35.5. The summed E-state index contributed by atoms with van der Waals surface area (Å²) >= 11 is 6.36. The fraction of sp³-hybridized carbons (Fsp3) is 0.259. The van der Waals surface area contributed by atoms with Gasteiger partial charge in [-0.2, -0.15) is 0 Å². The van der Waals surface area contributed by atoms with Crippen molar-refractivity contribution in [1.29, 1.82) is 0 Å².